The van der Waals surface area contributed by atoms with E-state index in [1.807, 2.05) is 24.3 Å². The zero-order valence-electron chi connectivity index (χ0n) is 17.7. The molecule has 0 aliphatic carbocycles. The van der Waals surface area contributed by atoms with E-state index in [-0.39, 0.29) is 11.8 Å². The van der Waals surface area contributed by atoms with Gasteiger partial charge < -0.3 is 9.47 Å². The van der Waals surface area contributed by atoms with E-state index in [1.54, 1.807) is 67.8 Å². The topological polar surface area (TPSA) is 92.3 Å². The Bertz CT molecular complexity index is 1160. The SMILES string of the molecule is COc1ccc(C(=O)N/N=C2/c3ccccc3CN2NC(=O)c2ccc(OC)cc2)cc1. The van der Waals surface area contributed by atoms with Crippen LogP contribution in [-0.4, -0.2) is 36.9 Å². The van der Waals surface area contributed by atoms with E-state index in [2.05, 4.69) is 16.0 Å². The van der Waals surface area contributed by atoms with Gasteiger partial charge in [-0.1, -0.05) is 24.3 Å². The van der Waals surface area contributed by atoms with Crippen LogP contribution in [0.25, 0.3) is 0 Å². The van der Waals surface area contributed by atoms with E-state index in [0.717, 1.165) is 11.1 Å². The number of hydrazine groups is 1. The highest BCUT2D eigenvalue weighted by Gasteiger charge is 2.27. The molecule has 0 fully saturated rings. The summed E-state index contributed by atoms with van der Waals surface area (Å²) in [6.07, 6.45) is 0. The summed E-state index contributed by atoms with van der Waals surface area (Å²) in [6, 6.07) is 21.2. The quantitative estimate of drug-likeness (QED) is 0.587. The lowest BCUT2D eigenvalue weighted by molar-refractivity contribution is 0.0869. The third-order valence-corrected chi connectivity index (χ3v) is 5.05. The van der Waals surface area contributed by atoms with Crippen molar-refractivity contribution in [3.63, 3.8) is 0 Å². The number of nitrogens with one attached hydrogen (secondary N) is 2. The molecule has 0 radical (unpaired) electrons. The first kappa shape index (κ1) is 20.9. The molecule has 162 valence electrons. The van der Waals surface area contributed by atoms with Gasteiger partial charge in [0.05, 0.1) is 20.8 Å². The van der Waals surface area contributed by atoms with Crippen LogP contribution in [-0.2, 0) is 6.54 Å². The highest BCUT2D eigenvalue weighted by Crippen LogP contribution is 2.22. The fourth-order valence-corrected chi connectivity index (χ4v) is 3.32. The minimum absolute atomic E-state index is 0.297. The van der Waals surface area contributed by atoms with Crippen molar-refractivity contribution in [2.24, 2.45) is 5.10 Å². The van der Waals surface area contributed by atoms with Crippen LogP contribution in [0.15, 0.2) is 77.9 Å². The molecule has 2 amide bonds. The van der Waals surface area contributed by atoms with Crippen LogP contribution in [0.3, 0.4) is 0 Å². The number of amidine groups is 1. The van der Waals surface area contributed by atoms with Gasteiger partial charge in [-0.3, -0.25) is 20.0 Å². The molecule has 0 unspecified atom stereocenters. The standard InChI is InChI=1S/C24H22N4O4/c1-31-19-11-7-16(8-12-19)23(29)26-25-22-21-6-4-3-5-18(21)15-28(22)27-24(30)17-9-13-20(32-2)14-10-17/h3-14H,15H2,1-2H3,(H,26,29)(H,27,30)/b25-22-. The van der Waals surface area contributed by atoms with E-state index >= 15 is 0 Å². The van der Waals surface area contributed by atoms with Crippen molar-refractivity contribution in [2.45, 2.75) is 6.54 Å². The predicted molar refractivity (Wildman–Crippen MR) is 119 cm³/mol. The molecular weight excluding hydrogens is 408 g/mol. The number of rotatable bonds is 6. The summed E-state index contributed by atoms with van der Waals surface area (Å²) in [4.78, 5) is 25.3. The molecule has 1 heterocycles. The summed E-state index contributed by atoms with van der Waals surface area (Å²) in [5.41, 5.74) is 8.17. The van der Waals surface area contributed by atoms with Gasteiger partial charge >= 0.3 is 0 Å². The van der Waals surface area contributed by atoms with E-state index in [1.165, 1.54) is 0 Å². The second-order valence-corrected chi connectivity index (χ2v) is 7.02. The van der Waals surface area contributed by atoms with Gasteiger partial charge in [-0.2, -0.15) is 5.10 Å². The monoisotopic (exact) mass is 430 g/mol. The highest BCUT2D eigenvalue weighted by molar-refractivity contribution is 6.05. The van der Waals surface area contributed by atoms with Crippen LogP contribution < -0.4 is 20.3 Å². The van der Waals surface area contributed by atoms with Gasteiger partial charge in [0, 0.05) is 16.7 Å². The maximum Gasteiger partial charge on any atom is 0.271 e. The molecule has 0 atom stereocenters. The smallest absolute Gasteiger partial charge is 0.271 e. The summed E-state index contributed by atoms with van der Waals surface area (Å²) in [7, 11) is 3.13. The van der Waals surface area contributed by atoms with Gasteiger partial charge in [0.2, 0.25) is 0 Å². The largest absolute Gasteiger partial charge is 0.497 e. The zero-order chi connectivity index (χ0) is 22.5. The molecule has 1 aliphatic rings. The number of amides is 2. The second kappa shape index (κ2) is 9.22. The number of fused-ring (bicyclic) bond motifs is 1. The normalized spacial score (nSPS) is 13.4. The fourth-order valence-electron chi connectivity index (χ4n) is 3.32. The average molecular weight is 430 g/mol. The zero-order valence-corrected chi connectivity index (χ0v) is 17.7. The third-order valence-electron chi connectivity index (χ3n) is 5.05. The van der Waals surface area contributed by atoms with Gasteiger partial charge in [-0.25, -0.2) is 5.43 Å². The van der Waals surface area contributed by atoms with E-state index in [9.17, 15) is 9.59 Å². The summed E-state index contributed by atoms with van der Waals surface area (Å²) in [5.74, 6) is 1.11. The lowest BCUT2D eigenvalue weighted by Gasteiger charge is -2.20. The number of carbonyl (C=O) groups excluding carboxylic acids is 2. The number of hydrazone groups is 1. The predicted octanol–water partition coefficient (Wildman–Crippen LogP) is 2.96. The summed E-state index contributed by atoms with van der Waals surface area (Å²) in [5, 5.41) is 5.93. The van der Waals surface area contributed by atoms with Crippen molar-refractivity contribution in [1.82, 2.24) is 15.9 Å². The summed E-state index contributed by atoms with van der Waals surface area (Å²) in [6.45, 7) is 0.426. The molecule has 8 nitrogen and oxygen atoms in total. The lowest BCUT2D eigenvalue weighted by Crippen LogP contribution is -2.43. The molecule has 3 aromatic carbocycles. The Labute approximate surface area is 185 Å². The van der Waals surface area contributed by atoms with Gasteiger partial charge in [-0.15, -0.1) is 0 Å². The van der Waals surface area contributed by atoms with Crippen molar-refractivity contribution in [2.75, 3.05) is 14.2 Å². The van der Waals surface area contributed by atoms with Crippen LogP contribution >= 0.6 is 0 Å². The van der Waals surface area contributed by atoms with Gasteiger partial charge in [0.25, 0.3) is 11.8 Å². The molecular formula is C24H22N4O4. The Morgan fingerprint density at radius 1 is 0.812 bits per heavy atom. The van der Waals surface area contributed by atoms with Crippen LogP contribution in [0, 0.1) is 0 Å². The minimum atomic E-state index is -0.369. The van der Waals surface area contributed by atoms with Crippen LogP contribution in [0.1, 0.15) is 31.8 Å². The molecule has 2 N–H and O–H groups in total. The van der Waals surface area contributed by atoms with Crippen LogP contribution in [0.4, 0.5) is 0 Å². The third kappa shape index (κ3) is 4.39. The van der Waals surface area contributed by atoms with Crippen molar-refractivity contribution < 1.29 is 19.1 Å². The van der Waals surface area contributed by atoms with E-state index in [0.29, 0.717) is 35.0 Å². The van der Waals surface area contributed by atoms with Gasteiger partial charge in [-0.05, 0) is 54.1 Å². The minimum Gasteiger partial charge on any atom is -0.497 e. The van der Waals surface area contributed by atoms with Gasteiger partial charge in [0.1, 0.15) is 11.5 Å². The maximum absolute atomic E-state index is 12.8. The number of carbonyl (C=O) groups is 2. The Morgan fingerprint density at radius 3 is 1.97 bits per heavy atom. The van der Waals surface area contributed by atoms with Crippen molar-refractivity contribution in [3.05, 3.63) is 95.1 Å². The summed E-state index contributed by atoms with van der Waals surface area (Å²) >= 11 is 0. The van der Waals surface area contributed by atoms with Crippen molar-refractivity contribution in [1.29, 1.82) is 0 Å². The molecule has 0 bridgehead atoms. The maximum atomic E-state index is 12.8. The molecule has 4 rings (SSSR count). The Morgan fingerprint density at radius 2 is 1.38 bits per heavy atom. The van der Waals surface area contributed by atoms with E-state index in [4.69, 9.17) is 9.47 Å². The molecule has 0 aromatic heterocycles. The molecule has 1 aliphatic heterocycles. The molecule has 8 heteroatoms. The number of methoxy groups -OCH3 is 2. The number of ether oxygens (including phenoxy) is 2. The van der Waals surface area contributed by atoms with Crippen molar-refractivity contribution >= 4 is 17.6 Å². The van der Waals surface area contributed by atoms with Gasteiger partial charge in [0.15, 0.2) is 5.84 Å². The first-order valence-electron chi connectivity index (χ1n) is 9.92. The lowest BCUT2D eigenvalue weighted by atomic mass is 10.1. The summed E-state index contributed by atoms with van der Waals surface area (Å²) < 4.78 is 10.3. The number of benzene rings is 3. The Kier molecular flexibility index (Phi) is 6.03. The number of nitrogens with zero attached hydrogens (tertiary/aromatic N) is 2. The number of hydrogen-bond acceptors (Lipinski definition) is 5. The molecule has 0 saturated carbocycles. The first-order valence-corrected chi connectivity index (χ1v) is 9.92. The average Bonchev–Trinajstić information content (AvgIpc) is 3.19. The first-order chi connectivity index (χ1) is 15.6. The Balaban J connectivity index is 1.53. The fraction of sp³-hybridized carbons (Fsp3) is 0.125. The molecule has 32 heavy (non-hydrogen) atoms. The molecule has 3 aromatic rings. The Hall–Kier alpha value is -4.33. The van der Waals surface area contributed by atoms with Crippen molar-refractivity contribution in [3.8, 4) is 11.5 Å². The molecule has 0 spiro atoms. The van der Waals surface area contributed by atoms with Crippen LogP contribution in [0.5, 0.6) is 11.5 Å². The number of hydrogen-bond donors (Lipinski definition) is 2. The second-order valence-electron chi connectivity index (χ2n) is 7.02. The molecule has 0 saturated heterocycles. The highest BCUT2D eigenvalue weighted by atomic mass is 16.5. The van der Waals surface area contributed by atoms with E-state index < -0.39 is 0 Å². The van der Waals surface area contributed by atoms with Crippen LogP contribution in [0.2, 0.25) is 0 Å².